The van der Waals surface area contributed by atoms with Gasteiger partial charge in [-0.2, -0.15) is 0 Å². The van der Waals surface area contributed by atoms with E-state index in [1.165, 1.54) is 0 Å². The fourth-order valence-corrected chi connectivity index (χ4v) is 2.41. The average Bonchev–Trinajstić information content (AvgIpc) is 2.87. The lowest BCUT2D eigenvalue weighted by Gasteiger charge is -2.04. The number of amides is 1. The Bertz CT molecular complexity index is 558. The first-order valence-electron chi connectivity index (χ1n) is 6.21. The van der Waals surface area contributed by atoms with Crippen molar-refractivity contribution < 1.29 is 4.79 Å². The van der Waals surface area contributed by atoms with Crippen molar-refractivity contribution in [2.45, 2.75) is 26.3 Å². The summed E-state index contributed by atoms with van der Waals surface area (Å²) >= 11 is 1.63. The maximum absolute atomic E-state index is 11.8. The predicted octanol–water partition coefficient (Wildman–Crippen LogP) is 2.99. The third-order valence-electron chi connectivity index (χ3n) is 2.71. The van der Waals surface area contributed by atoms with Crippen LogP contribution in [0.15, 0.2) is 29.6 Å². The number of benzene rings is 1. The highest BCUT2D eigenvalue weighted by molar-refractivity contribution is 7.09. The van der Waals surface area contributed by atoms with Crippen molar-refractivity contribution in [3.8, 4) is 0 Å². The van der Waals surface area contributed by atoms with E-state index in [2.05, 4.69) is 17.2 Å². The summed E-state index contributed by atoms with van der Waals surface area (Å²) in [5.41, 5.74) is 8.19. The average molecular weight is 348 g/mol. The van der Waals surface area contributed by atoms with Crippen molar-refractivity contribution >= 4 is 47.7 Å². The molecule has 0 radical (unpaired) electrons. The Kier molecular flexibility index (Phi) is 9.01. The molecule has 1 heterocycles. The second-order valence-corrected chi connectivity index (χ2v) is 5.22. The van der Waals surface area contributed by atoms with Gasteiger partial charge in [0.2, 0.25) is 5.91 Å². The van der Waals surface area contributed by atoms with E-state index in [4.69, 9.17) is 5.73 Å². The summed E-state index contributed by atoms with van der Waals surface area (Å²) < 4.78 is 0. The lowest BCUT2D eigenvalue weighted by atomic mass is 10.1. The number of carbonyl (C=O) groups is 1. The van der Waals surface area contributed by atoms with Crippen LogP contribution < -0.4 is 11.1 Å². The molecule has 1 aromatic carbocycles. The van der Waals surface area contributed by atoms with Gasteiger partial charge in [-0.3, -0.25) is 4.79 Å². The number of anilines is 1. The van der Waals surface area contributed by atoms with E-state index < -0.39 is 0 Å². The van der Waals surface area contributed by atoms with E-state index in [1.807, 2.05) is 17.5 Å². The number of nitrogens with two attached hydrogens (primary N) is 1. The van der Waals surface area contributed by atoms with Crippen LogP contribution in [0.4, 0.5) is 5.69 Å². The summed E-state index contributed by atoms with van der Waals surface area (Å²) in [5.74, 6) is -0.00387. The smallest absolute Gasteiger partial charge is 0.224 e. The normalized spacial score (nSPS) is 9.38. The largest absolute Gasteiger partial charge is 0.399 e. The van der Waals surface area contributed by atoms with Gasteiger partial charge in [0.15, 0.2) is 0 Å². The van der Waals surface area contributed by atoms with Gasteiger partial charge in [0.05, 0.1) is 23.7 Å². The molecule has 2 rings (SSSR count). The van der Waals surface area contributed by atoms with E-state index in [0.29, 0.717) is 18.7 Å². The second-order valence-electron chi connectivity index (χ2n) is 4.28. The molecule has 0 saturated heterocycles. The van der Waals surface area contributed by atoms with Crippen LogP contribution in [0.2, 0.25) is 0 Å². The minimum Gasteiger partial charge on any atom is -0.399 e. The van der Waals surface area contributed by atoms with Gasteiger partial charge in [0.25, 0.3) is 0 Å². The Morgan fingerprint density at radius 3 is 2.52 bits per heavy atom. The first kappa shape index (κ1) is 19.7. The number of halogens is 2. The molecule has 0 aliphatic rings. The van der Waals surface area contributed by atoms with Gasteiger partial charge in [-0.1, -0.05) is 19.1 Å². The maximum Gasteiger partial charge on any atom is 0.224 e. The molecule has 7 heteroatoms. The number of rotatable bonds is 5. The van der Waals surface area contributed by atoms with Crippen molar-refractivity contribution in [3.05, 3.63) is 45.9 Å². The Morgan fingerprint density at radius 1 is 1.29 bits per heavy atom. The predicted molar refractivity (Wildman–Crippen MR) is 92.4 cm³/mol. The van der Waals surface area contributed by atoms with E-state index >= 15 is 0 Å². The quantitative estimate of drug-likeness (QED) is 0.817. The van der Waals surface area contributed by atoms with Gasteiger partial charge >= 0.3 is 0 Å². The molecule has 21 heavy (non-hydrogen) atoms. The van der Waals surface area contributed by atoms with E-state index in [1.54, 1.807) is 23.5 Å². The highest BCUT2D eigenvalue weighted by Gasteiger charge is 2.05. The molecule has 2 aromatic rings. The molecular weight excluding hydrogens is 329 g/mol. The second kappa shape index (κ2) is 9.60. The lowest BCUT2D eigenvalue weighted by Crippen LogP contribution is -2.24. The molecular formula is C14H19Cl2N3OS. The molecule has 1 amide bonds. The highest BCUT2D eigenvalue weighted by atomic mass is 35.5. The molecule has 0 spiro atoms. The number of hydrogen-bond donors (Lipinski definition) is 2. The van der Waals surface area contributed by atoms with E-state index in [-0.39, 0.29) is 30.7 Å². The van der Waals surface area contributed by atoms with Gasteiger partial charge < -0.3 is 11.1 Å². The van der Waals surface area contributed by atoms with Gasteiger partial charge in [0, 0.05) is 11.1 Å². The molecule has 0 fully saturated rings. The third kappa shape index (κ3) is 6.33. The lowest BCUT2D eigenvalue weighted by molar-refractivity contribution is -0.120. The topological polar surface area (TPSA) is 68.0 Å². The number of hydrogen-bond acceptors (Lipinski definition) is 4. The zero-order valence-electron chi connectivity index (χ0n) is 11.7. The van der Waals surface area contributed by atoms with Gasteiger partial charge in [-0.15, -0.1) is 36.2 Å². The van der Waals surface area contributed by atoms with Gasteiger partial charge in [0.1, 0.15) is 0 Å². The number of thiazole rings is 1. The Labute approximate surface area is 141 Å². The monoisotopic (exact) mass is 347 g/mol. The summed E-state index contributed by atoms with van der Waals surface area (Å²) in [5, 5.41) is 5.96. The van der Waals surface area contributed by atoms with Crippen LogP contribution in [0.5, 0.6) is 0 Å². The maximum atomic E-state index is 11.8. The van der Waals surface area contributed by atoms with Gasteiger partial charge in [-0.25, -0.2) is 4.98 Å². The fourth-order valence-electron chi connectivity index (χ4n) is 1.67. The molecule has 4 nitrogen and oxygen atoms in total. The molecule has 3 N–H and O–H groups in total. The van der Waals surface area contributed by atoms with Crippen LogP contribution in [0.3, 0.4) is 0 Å². The van der Waals surface area contributed by atoms with Crippen LogP contribution in [0.1, 0.15) is 23.2 Å². The summed E-state index contributed by atoms with van der Waals surface area (Å²) in [6.07, 6.45) is 1.30. The molecule has 0 unspecified atom stereocenters. The molecule has 0 saturated carbocycles. The van der Waals surface area contributed by atoms with Crippen LogP contribution in [0, 0.1) is 0 Å². The SMILES string of the molecule is CCc1nc(CNC(=O)Cc2ccc(N)cc2)cs1.Cl.Cl. The van der Waals surface area contributed by atoms with Crippen LogP contribution in [0.25, 0.3) is 0 Å². The van der Waals surface area contributed by atoms with Crippen molar-refractivity contribution in [2.75, 3.05) is 5.73 Å². The van der Waals surface area contributed by atoms with Crippen molar-refractivity contribution in [3.63, 3.8) is 0 Å². The summed E-state index contributed by atoms with van der Waals surface area (Å²) in [4.78, 5) is 16.2. The van der Waals surface area contributed by atoms with Gasteiger partial charge in [-0.05, 0) is 24.1 Å². The number of nitrogens with zero attached hydrogens (tertiary/aromatic N) is 1. The number of nitrogens with one attached hydrogen (secondary N) is 1. The van der Waals surface area contributed by atoms with E-state index in [0.717, 1.165) is 22.7 Å². The number of nitrogen functional groups attached to an aromatic ring is 1. The first-order valence-corrected chi connectivity index (χ1v) is 7.09. The summed E-state index contributed by atoms with van der Waals surface area (Å²) in [7, 11) is 0. The molecule has 116 valence electrons. The molecule has 0 bridgehead atoms. The summed E-state index contributed by atoms with van der Waals surface area (Å²) in [6, 6.07) is 7.34. The van der Waals surface area contributed by atoms with Crippen LogP contribution in [-0.4, -0.2) is 10.9 Å². The van der Waals surface area contributed by atoms with Crippen molar-refractivity contribution in [2.24, 2.45) is 0 Å². The Balaban J connectivity index is 0.00000200. The minimum absolute atomic E-state index is 0. The zero-order valence-corrected chi connectivity index (χ0v) is 14.1. The minimum atomic E-state index is -0.00387. The molecule has 0 atom stereocenters. The standard InChI is InChI=1S/C14H17N3OS.2ClH/c1-2-14-17-12(9-19-14)8-16-13(18)7-10-3-5-11(15)6-4-10;;/h3-6,9H,2,7-8,15H2,1H3,(H,16,18);2*1H. The Morgan fingerprint density at radius 2 is 1.95 bits per heavy atom. The number of aromatic nitrogens is 1. The molecule has 0 aliphatic heterocycles. The molecule has 0 aliphatic carbocycles. The number of carbonyl (C=O) groups excluding carboxylic acids is 1. The third-order valence-corrected chi connectivity index (χ3v) is 3.75. The highest BCUT2D eigenvalue weighted by Crippen LogP contribution is 2.10. The van der Waals surface area contributed by atoms with Crippen LogP contribution >= 0.6 is 36.2 Å². The fraction of sp³-hybridized carbons (Fsp3) is 0.286. The van der Waals surface area contributed by atoms with Crippen LogP contribution in [-0.2, 0) is 24.2 Å². The van der Waals surface area contributed by atoms with Crippen molar-refractivity contribution in [1.29, 1.82) is 0 Å². The molecule has 1 aromatic heterocycles. The zero-order chi connectivity index (χ0) is 13.7. The van der Waals surface area contributed by atoms with E-state index in [9.17, 15) is 4.79 Å². The summed E-state index contributed by atoms with van der Waals surface area (Å²) in [6.45, 7) is 2.56. The number of aryl methyl sites for hydroxylation is 1. The Hall–Kier alpha value is -1.30. The van der Waals surface area contributed by atoms with Crippen molar-refractivity contribution in [1.82, 2.24) is 10.3 Å². The first-order chi connectivity index (χ1) is 9.17.